The molecule has 4 nitrogen and oxygen atoms in total. The summed E-state index contributed by atoms with van der Waals surface area (Å²) < 4.78 is 0. The second kappa shape index (κ2) is 2.15. The quantitative estimate of drug-likeness (QED) is 0.518. The Morgan fingerprint density at radius 1 is 1.36 bits per heavy atom. The van der Waals surface area contributed by atoms with Crippen LogP contribution in [0.25, 0.3) is 0 Å². The number of hydrogen-bond acceptors (Lipinski definition) is 2. The van der Waals surface area contributed by atoms with Crippen molar-refractivity contribution in [1.29, 1.82) is 0 Å². The topological polar surface area (TPSA) is 49.7 Å². The van der Waals surface area contributed by atoms with Gasteiger partial charge in [-0.15, -0.1) is 0 Å². The van der Waals surface area contributed by atoms with Crippen molar-refractivity contribution in [2.45, 2.75) is 26.3 Å². The van der Waals surface area contributed by atoms with Crippen molar-refractivity contribution < 1.29 is 9.59 Å². The Kier molecular flexibility index (Phi) is 1.55. The molecule has 0 aromatic heterocycles. The molecule has 0 saturated carbocycles. The Morgan fingerprint density at radius 2 is 1.91 bits per heavy atom. The highest BCUT2D eigenvalue weighted by atomic mass is 16.2. The molecule has 0 saturated heterocycles. The third-order valence-electron chi connectivity index (χ3n) is 1.37. The summed E-state index contributed by atoms with van der Waals surface area (Å²) >= 11 is 0. The van der Waals surface area contributed by atoms with E-state index in [1.54, 1.807) is 20.8 Å². The Labute approximate surface area is 64.9 Å². The first-order valence-electron chi connectivity index (χ1n) is 3.35. The fourth-order valence-electron chi connectivity index (χ4n) is 0.938. The van der Waals surface area contributed by atoms with E-state index in [1.165, 1.54) is 0 Å². The van der Waals surface area contributed by atoms with Gasteiger partial charge in [0.2, 0.25) is 0 Å². The SMILES string of the molecule is CC(C)(C)N1C(=O)C=NC1=O. The van der Waals surface area contributed by atoms with E-state index < -0.39 is 11.6 Å². The standard InChI is InChI=1S/C7H10N2O2/c1-7(2,3)9-5(10)4-8-6(9)11/h4H,1-3H3. The molecule has 1 rings (SSSR count). The molecule has 0 fully saturated rings. The molecular formula is C7H10N2O2. The van der Waals surface area contributed by atoms with Crippen molar-refractivity contribution >= 4 is 18.2 Å². The summed E-state index contributed by atoms with van der Waals surface area (Å²) in [6.45, 7) is 5.37. The zero-order chi connectivity index (χ0) is 8.65. The van der Waals surface area contributed by atoms with Crippen LogP contribution in [-0.2, 0) is 4.79 Å². The van der Waals surface area contributed by atoms with Gasteiger partial charge in [-0.25, -0.2) is 4.79 Å². The summed E-state index contributed by atoms with van der Waals surface area (Å²) in [5.74, 6) is -0.331. The van der Waals surface area contributed by atoms with E-state index in [-0.39, 0.29) is 5.91 Å². The van der Waals surface area contributed by atoms with Crippen LogP contribution >= 0.6 is 0 Å². The normalized spacial score (nSPS) is 18.3. The van der Waals surface area contributed by atoms with Gasteiger partial charge in [0, 0.05) is 5.54 Å². The molecular weight excluding hydrogens is 144 g/mol. The molecule has 60 valence electrons. The first-order valence-corrected chi connectivity index (χ1v) is 3.35. The van der Waals surface area contributed by atoms with Gasteiger partial charge in [-0.3, -0.25) is 9.69 Å². The molecule has 1 heterocycles. The third kappa shape index (κ3) is 1.29. The lowest BCUT2D eigenvalue weighted by Gasteiger charge is -2.27. The maximum absolute atomic E-state index is 11.0. The van der Waals surface area contributed by atoms with Crippen LogP contribution in [0.4, 0.5) is 4.79 Å². The van der Waals surface area contributed by atoms with Crippen LogP contribution in [0.3, 0.4) is 0 Å². The van der Waals surface area contributed by atoms with Crippen LogP contribution in [0.2, 0.25) is 0 Å². The molecule has 1 aliphatic rings. The van der Waals surface area contributed by atoms with Crippen molar-refractivity contribution in [2.24, 2.45) is 4.99 Å². The minimum absolute atomic E-state index is 0.331. The molecule has 0 spiro atoms. The molecule has 4 heteroatoms. The van der Waals surface area contributed by atoms with Crippen molar-refractivity contribution in [3.8, 4) is 0 Å². The Bertz CT molecular complexity index is 219. The number of rotatable bonds is 0. The smallest absolute Gasteiger partial charge is 0.267 e. The second-order valence-electron chi connectivity index (χ2n) is 3.39. The van der Waals surface area contributed by atoms with Crippen LogP contribution in [0, 0.1) is 0 Å². The lowest BCUT2D eigenvalue weighted by Crippen LogP contribution is -2.45. The highest BCUT2D eigenvalue weighted by Crippen LogP contribution is 2.16. The number of carbonyl (C=O) groups is 2. The molecule has 11 heavy (non-hydrogen) atoms. The highest BCUT2D eigenvalue weighted by molar-refractivity contribution is 6.35. The maximum Gasteiger partial charge on any atom is 0.351 e. The van der Waals surface area contributed by atoms with Gasteiger partial charge < -0.3 is 0 Å². The zero-order valence-corrected chi connectivity index (χ0v) is 6.79. The lowest BCUT2D eigenvalue weighted by atomic mass is 10.1. The molecule has 0 radical (unpaired) electrons. The summed E-state index contributed by atoms with van der Waals surface area (Å²) in [7, 11) is 0. The molecule has 0 bridgehead atoms. The number of aliphatic imine (C=N–C) groups is 1. The number of nitrogens with zero attached hydrogens (tertiary/aromatic N) is 2. The average Bonchev–Trinajstić information content (AvgIpc) is 2.08. The molecule has 1 aliphatic heterocycles. The van der Waals surface area contributed by atoms with Crippen molar-refractivity contribution in [2.75, 3.05) is 0 Å². The largest absolute Gasteiger partial charge is 0.351 e. The van der Waals surface area contributed by atoms with Crippen LogP contribution in [0.1, 0.15) is 20.8 Å². The van der Waals surface area contributed by atoms with Gasteiger partial charge in [-0.1, -0.05) is 0 Å². The van der Waals surface area contributed by atoms with Gasteiger partial charge in [-0.2, -0.15) is 4.99 Å². The van der Waals surface area contributed by atoms with E-state index >= 15 is 0 Å². The number of urea groups is 1. The fraction of sp³-hybridized carbons (Fsp3) is 0.571. The first kappa shape index (κ1) is 7.91. The third-order valence-corrected chi connectivity index (χ3v) is 1.37. The molecule has 0 unspecified atom stereocenters. The van der Waals surface area contributed by atoms with Crippen molar-refractivity contribution in [1.82, 2.24) is 4.90 Å². The average molecular weight is 154 g/mol. The van der Waals surface area contributed by atoms with Gasteiger partial charge in [0.05, 0.1) is 6.21 Å². The van der Waals surface area contributed by atoms with E-state index in [9.17, 15) is 9.59 Å². The molecule has 0 N–H and O–H groups in total. The van der Waals surface area contributed by atoms with Gasteiger partial charge in [0.15, 0.2) is 0 Å². The molecule has 0 aliphatic carbocycles. The second-order valence-corrected chi connectivity index (χ2v) is 3.39. The van der Waals surface area contributed by atoms with Crippen LogP contribution in [0.5, 0.6) is 0 Å². The van der Waals surface area contributed by atoms with E-state index in [0.717, 1.165) is 11.1 Å². The van der Waals surface area contributed by atoms with Gasteiger partial charge in [0.1, 0.15) is 0 Å². The Hall–Kier alpha value is -1.19. The predicted octanol–water partition coefficient (Wildman–Crippen LogP) is 0.818. The van der Waals surface area contributed by atoms with E-state index in [1.807, 2.05) is 0 Å². The minimum Gasteiger partial charge on any atom is -0.267 e. The van der Waals surface area contributed by atoms with Crippen LogP contribution < -0.4 is 0 Å². The fourth-order valence-corrected chi connectivity index (χ4v) is 0.938. The minimum atomic E-state index is -0.470. The lowest BCUT2D eigenvalue weighted by molar-refractivity contribution is -0.123. The molecule has 0 aromatic rings. The van der Waals surface area contributed by atoms with Gasteiger partial charge in [-0.05, 0) is 20.8 Å². The number of imide groups is 1. The van der Waals surface area contributed by atoms with Crippen molar-refractivity contribution in [3.63, 3.8) is 0 Å². The number of carbonyl (C=O) groups excluding carboxylic acids is 2. The summed E-state index contributed by atoms with van der Waals surface area (Å²) in [5, 5.41) is 0. The van der Waals surface area contributed by atoms with E-state index in [4.69, 9.17) is 0 Å². The van der Waals surface area contributed by atoms with Gasteiger partial charge in [0.25, 0.3) is 5.91 Å². The molecule has 0 atom stereocenters. The Morgan fingerprint density at radius 3 is 2.09 bits per heavy atom. The van der Waals surface area contributed by atoms with Crippen LogP contribution in [-0.4, -0.2) is 28.6 Å². The maximum atomic E-state index is 11.0. The predicted molar refractivity (Wildman–Crippen MR) is 40.5 cm³/mol. The summed E-state index contributed by atoms with van der Waals surface area (Å²) in [6, 6.07) is -0.470. The highest BCUT2D eigenvalue weighted by Gasteiger charge is 2.34. The molecule has 3 amide bonds. The monoisotopic (exact) mass is 154 g/mol. The van der Waals surface area contributed by atoms with Crippen molar-refractivity contribution in [3.05, 3.63) is 0 Å². The van der Waals surface area contributed by atoms with E-state index in [2.05, 4.69) is 4.99 Å². The van der Waals surface area contributed by atoms with Gasteiger partial charge >= 0.3 is 6.03 Å². The van der Waals surface area contributed by atoms with E-state index in [0.29, 0.717) is 0 Å². The Balaban J connectivity index is 2.91. The summed E-state index contributed by atoms with van der Waals surface area (Å²) in [5.41, 5.74) is -0.468. The molecule has 0 aromatic carbocycles. The number of amides is 3. The zero-order valence-electron chi connectivity index (χ0n) is 6.79. The summed E-state index contributed by atoms with van der Waals surface area (Å²) in [6.07, 6.45) is 1.05. The van der Waals surface area contributed by atoms with Crippen LogP contribution in [0.15, 0.2) is 4.99 Å². The summed E-state index contributed by atoms with van der Waals surface area (Å²) in [4.78, 5) is 26.4. The number of hydrogen-bond donors (Lipinski definition) is 0. The first-order chi connectivity index (χ1) is 4.93.